The molecule has 3 nitrogen and oxygen atoms in total. The number of fused-ring (bicyclic) bond motifs is 1. The largest absolute Gasteiger partial charge is 0.307 e. The molecule has 1 aliphatic rings. The molecule has 1 aromatic rings. The van der Waals surface area contributed by atoms with Crippen molar-refractivity contribution >= 4 is 9.84 Å². The van der Waals surface area contributed by atoms with Crippen LogP contribution >= 0.6 is 0 Å². The molecule has 0 radical (unpaired) electrons. The fourth-order valence-electron chi connectivity index (χ4n) is 2.62. The third-order valence-corrected chi connectivity index (χ3v) is 6.13. The highest BCUT2D eigenvalue weighted by Gasteiger charge is 2.31. The van der Waals surface area contributed by atoms with E-state index in [-0.39, 0.29) is 28.5 Å². The molecule has 0 aliphatic carbocycles. The van der Waals surface area contributed by atoms with E-state index in [1.807, 2.05) is 0 Å². The summed E-state index contributed by atoms with van der Waals surface area (Å²) in [5, 5.41) is 3.46. The highest BCUT2D eigenvalue weighted by atomic mass is 32.2. The summed E-state index contributed by atoms with van der Waals surface area (Å²) in [5.74, 6) is 0.227. The molecule has 3 unspecified atom stereocenters. The predicted octanol–water partition coefficient (Wildman–Crippen LogP) is 3.07. The highest BCUT2D eigenvalue weighted by Crippen LogP contribution is 2.33. The van der Waals surface area contributed by atoms with E-state index in [9.17, 15) is 12.8 Å². The zero-order valence-corrected chi connectivity index (χ0v) is 13.0. The Morgan fingerprint density at radius 2 is 2.10 bits per heavy atom. The quantitative estimate of drug-likeness (QED) is 0.869. The Morgan fingerprint density at radius 3 is 2.75 bits per heavy atom. The molecule has 0 fully saturated rings. The Kier molecular flexibility index (Phi) is 4.49. The average molecular weight is 299 g/mol. The maximum atomic E-state index is 13.5. The lowest BCUT2D eigenvalue weighted by Gasteiger charge is -2.31. The standard InChI is InChI=1S/C15H22FNO2S/c1-4-10(2)11(3)17-14-7-8-20(18,19)15-6-5-12(16)9-13(14)15/h5-6,9-11,14,17H,4,7-8H2,1-3H3. The van der Waals surface area contributed by atoms with E-state index in [2.05, 4.69) is 26.1 Å². The SMILES string of the molecule is CCC(C)C(C)NC1CCS(=O)(=O)c2ccc(F)cc21. The maximum Gasteiger partial charge on any atom is 0.178 e. The predicted molar refractivity (Wildman–Crippen MR) is 77.9 cm³/mol. The Hall–Kier alpha value is -0.940. The third-order valence-electron chi connectivity index (χ3n) is 4.32. The van der Waals surface area contributed by atoms with Gasteiger partial charge in [-0.3, -0.25) is 0 Å². The van der Waals surface area contributed by atoms with Crippen LogP contribution in [0.2, 0.25) is 0 Å². The summed E-state index contributed by atoms with van der Waals surface area (Å²) >= 11 is 0. The number of benzene rings is 1. The van der Waals surface area contributed by atoms with Gasteiger partial charge in [-0.1, -0.05) is 20.3 Å². The summed E-state index contributed by atoms with van der Waals surface area (Å²) in [4.78, 5) is 0.277. The summed E-state index contributed by atoms with van der Waals surface area (Å²) in [6, 6.07) is 4.14. The van der Waals surface area contributed by atoms with Crippen LogP contribution in [0.1, 0.15) is 45.2 Å². The van der Waals surface area contributed by atoms with Crippen LogP contribution in [0.25, 0.3) is 0 Å². The first-order valence-electron chi connectivity index (χ1n) is 7.13. The molecular weight excluding hydrogens is 277 g/mol. The number of sulfone groups is 1. The van der Waals surface area contributed by atoms with Crippen LogP contribution in [0.4, 0.5) is 4.39 Å². The van der Waals surface area contributed by atoms with Crippen LogP contribution in [0.15, 0.2) is 23.1 Å². The van der Waals surface area contributed by atoms with E-state index < -0.39 is 9.84 Å². The minimum atomic E-state index is -3.26. The zero-order valence-electron chi connectivity index (χ0n) is 12.2. The van der Waals surface area contributed by atoms with Gasteiger partial charge in [0, 0.05) is 12.1 Å². The Morgan fingerprint density at radius 1 is 1.40 bits per heavy atom. The average Bonchev–Trinajstić information content (AvgIpc) is 2.40. The van der Waals surface area contributed by atoms with Gasteiger partial charge in [-0.25, -0.2) is 12.8 Å². The number of rotatable bonds is 4. The molecular formula is C15H22FNO2S. The van der Waals surface area contributed by atoms with Crippen molar-refractivity contribution in [3.05, 3.63) is 29.6 Å². The molecule has 1 aromatic carbocycles. The number of hydrogen-bond acceptors (Lipinski definition) is 3. The van der Waals surface area contributed by atoms with Crippen molar-refractivity contribution in [1.82, 2.24) is 5.32 Å². The minimum absolute atomic E-state index is 0.0896. The van der Waals surface area contributed by atoms with Crippen molar-refractivity contribution in [1.29, 1.82) is 0 Å². The first kappa shape index (κ1) is 15.4. The first-order chi connectivity index (χ1) is 9.35. The van der Waals surface area contributed by atoms with Gasteiger partial charge in [-0.05, 0) is 43.0 Å². The summed E-state index contributed by atoms with van der Waals surface area (Å²) in [7, 11) is -3.26. The molecule has 0 saturated heterocycles. The molecule has 1 N–H and O–H groups in total. The maximum absolute atomic E-state index is 13.5. The topological polar surface area (TPSA) is 46.2 Å². The molecule has 3 atom stereocenters. The molecule has 112 valence electrons. The van der Waals surface area contributed by atoms with Crippen molar-refractivity contribution in [3.8, 4) is 0 Å². The van der Waals surface area contributed by atoms with E-state index in [4.69, 9.17) is 0 Å². The van der Waals surface area contributed by atoms with Crippen LogP contribution in [-0.4, -0.2) is 20.2 Å². The smallest absolute Gasteiger partial charge is 0.178 e. The fraction of sp³-hybridized carbons (Fsp3) is 0.600. The van der Waals surface area contributed by atoms with E-state index in [1.54, 1.807) is 0 Å². The molecule has 0 aromatic heterocycles. The van der Waals surface area contributed by atoms with Crippen LogP contribution in [-0.2, 0) is 9.84 Å². The molecule has 20 heavy (non-hydrogen) atoms. The lowest BCUT2D eigenvalue weighted by atomic mass is 9.97. The highest BCUT2D eigenvalue weighted by molar-refractivity contribution is 7.91. The normalized spacial score (nSPS) is 23.9. The molecule has 5 heteroatoms. The van der Waals surface area contributed by atoms with Crippen molar-refractivity contribution in [2.24, 2.45) is 5.92 Å². The van der Waals surface area contributed by atoms with Gasteiger partial charge in [0.1, 0.15) is 5.82 Å². The monoisotopic (exact) mass is 299 g/mol. The second kappa shape index (κ2) is 5.82. The summed E-state index contributed by atoms with van der Waals surface area (Å²) in [6.45, 7) is 6.38. The Balaban J connectivity index is 2.32. The van der Waals surface area contributed by atoms with Crippen LogP contribution in [0.5, 0.6) is 0 Å². The van der Waals surface area contributed by atoms with Gasteiger partial charge in [0.15, 0.2) is 9.84 Å². The second-order valence-corrected chi connectivity index (χ2v) is 7.76. The van der Waals surface area contributed by atoms with Crippen LogP contribution < -0.4 is 5.32 Å². The number of halogens is 1. The fourth-order valence-corrected chi connectivity index (χ4v) is 4.22. The van der Waals surface area contributed by atoms with Crippen molar-refractivity contribution in [2.45, 2.75) is 50.6 Å². The van der Waals surface area contributed by atoms with E-state index in [0.29, 0.717) is 17.9 Å². The third kappa shape index (κ3) is 3.04. The van der Waals surface area contributed by atoms with Crippen molar-refractivity contribution < 1.29 is 12.8 Å². The van der Waals surface area contributed by atoms with E-state index >= 15 is 0 Å². The Labute approximate surface area is 120 Å². The van der Waals surface area contributed by atoms with Crippen molar-refractivity contribution in [2.75, 3.05) is 5.75 Å². The molecule has 1 aliphatic heterocycles. The van der Waals surface area contributed by atoms with Crippen LogP contribution in [0, 0.1) is 11.7 Å². The number of hydrogen-bond donors (Lipinski definition) is 1. The van der Waals surface area contributed by atoms with Gasteiger partial charge in [-0.15, -0.1) is 0 Å². The molecule has 2 rings (SSSR count). The van der Waals surface area contributed by atoms with Gasteiger partial charge >= 0.3 is 0 Å². The molecule has 0 saturated carbocycles. The van der Waals surface area contributed by atoms with E-state index in [1.165, 1.54) is 18.2 Å². The molecule has 0 bridgehead atoms. The molecule has 0 amide bonds. The van der Waals surface area contributed by atoms with Gasteiger partial charge in [0.25, 0.3) is 0 Å². The first-order valence-corrected chi connectivity index (χ1v) is 8.78. The van der Waals surface area contributed by atoms with Gasteiger partial charge in [0.2, 0.25) is 0 Å². The summed E-state index contributed by atoms with van der Waals surface area (Å²) in [6.07, 6.45) is 1.55. The zero-order chi connectivity index (χ0) is 14.9. The lowest BCUT2D eigenvalue weighted by Crippen LogP contribution is -2.38. The Bertz CT molecular complexity index is 586. The summed E-state index contributed by atoms with van der Waals surface area (Å²) in [5.41, 5.74) is 0.575. The number of nitrogens with one attached hydrogen (secondary N) is 1. The molecule has 0 spiro atoms. The molecule has 1 heterocycles. The van der Waals surface area contributed by atoms with Gasteiger partial charge < -0.3 is 5.32 Å². The lowest BCUT2D eigenvalue weighted by molar-refractivity contribution is 0.340. The summed E-state index contributed by atoms with van der Waals surface area (Å²) < 4.78 is 37.6. The van der Waals surface area contributed by atoms with Gasteiger partial charge in [0.05, 0.1) is 10.6 Å². The minimum Gasteiger partial charge on any atom is -0.307 e. The van der Waals surface area contributed by atoms with E-state index in [0.717, 1.165) is 6.42 Å². The van der Waals surface area contributed by atoms with Gasteiger partial charge in [-0.2, -0.15) is 0 Å². The second-order valence-electron chi connectivity index (χ2n) is 5.68. The van der Waals surface area contributed by atoms with Crippen LogP contribution in [0.3, 0.4) is 0 Å². The van der Waals surface area contributed by atoms with Crippen molar-refractivity contribution in [3.63, 3.8) is 0 Å².